The van der Waals surface area contributed by atoms with Gasteiger partial charge in [-0.2, -0.15) is 0 Å². The maximum atomic E-state index is 13.7. The molecule has 0 saturated carbocycles. The molecule has 1 aromatic carbocycles. The smallest absolute Gasteiger partial charge is 0.267 e. The number of aromatic nitrogens is 2. The quantitative estimate of drug-likeness (QED) is 0.784. The molecule has 0 unspecified atom stereocenters. The van der Waals surface area contributed by atoms with Gasteiger partial charge in [-0.15, -0.1) is 0 Å². The van der Waals surface area contributed by atoms with Crippen LogP contribution < -0.4 is 15.6 Å². The van der Waals surface area contributed by atoms with E-state index in [0.29, 0.717) is 16.8 Å². The van der Waals surface area contributed by atoms with Crippen LogP contribution in [-0.2, 0) is 11.2 Å². The lowest BCUT2D eigenvalue weighted by Gasteiger charge is -2.15. The summed E-state index contributed by atoms with van der Waals surface area (Å²) in [7, 11) is 1.39. The molecule has 1 heterocycles. The maximum Gasteiger partial charge on any atom is 0.267 e. The number of aromatic amines is 2. The van der Waals surface area contributed by atoms with E-state index in [1.807, 2.05) is 0 Å². The van der Waals surface area contributed by atoms with E-state index in [0.717, 1.165) is 0 Å². The van der Waals surface area contributed by atoms with Gasteiger partial charge in [-0.1, -0.05) is 6.07 Å². The number of carbonyl (C=O) groups excluding carboxylic acids is 1. The van der Waals surface area contributed by atoms with Gasteiger partial charge in [0.15, 0.2) is 11.6 Å². The number of methoxy groups -OCH3 is 1. The Kier molecular flexibility index (Phi) is 4.65. The summed E-state index contributed by atoms with van der Waals surface area (Å²) in [6.45, 7) is 3.45. The highest BCUT2D eigenvalue weighted by Gasteiger charge is 2.15. The Bertz CT molecular complexity index is 736. The molecule has 118 valence electrons. The van der Waals surface area contributed by atoms with Crippen LogP contribution in [0.3, 0.4) is 0 Å². The standard InChI is InChI=1S/C15H18FN3O3/c1-8(10-4-5-13(22-3)12(16)6-10)17-14(20)7-11-9(2)18-19-15(11)21/h4-6,8H,7H2,1-3H3,(H,17,20)(H2,18,19,21)/t8-/m1/s1. The third kappa shape index (κ3) is 3.36. The molecule has 22 heavy (non-hydrogen) atoms. The Morgan fingerprint density at radius 1 is 1.41 bits per heavy atom. The van der Waals surface area contributed by atoms with Crippen molar-refractivity contribution in [1.29, 1.82) is 0 Å². The van der Waals surface area contributed by atoms with E-state index in [1.54, 1.807) is 19.9 Å². The first kappa shape index (κ1) is 15.8. The number of hydrogen-bond donors (Lipinski definition) is 3. The normalized spacial score (nSPS) is 12.0. The van der Waals surface area contributed by atoms with Gasteiger partial charge < -0.3 is 15.2 Å². The molecule has 2 rings (SSSR count). The molecule has 0 aliphatic heterocycles. The number of halogens is 1. The molecular weight excluding hydrogens is 289 g/mol. The summed E-state index contributed by atoms with van der Waals surface area (Å²) >= 11 is 0. The van der Waals surface area contributed by atoms with E-state index < -0.39 is 5.82 Å². The number of nitrogens with one attached hydrogen (secondary N) is 3. The summed E-state index contributed by atoms with van der Waals surface area (Å²) in [6, 6.07) is 4.12. The second kappa shape index (κ2) is 6.46. The summed E-state index contributed by atoms with van der Waals surface area (Å²) in [5, 5.41) is 7.83. The van der Waals surface area contributed by atoms with E-state index in [9.17, 15) is 14.0 Å². The minimum absolute atomic E-state index is 0.0341. The molecule has 0 bridgehead atoms. The first-order valence-corrected chi connectivity index (χ1v) is 6.81. The van der Waals surface area contributed by atoms with Crippen LogP contribution in [0, 0.1) is 12.7 Å². The molecule has 0 aliphatic carbocycles. The summed E-state index contributed by atoms with van der Waals surface area (Å²) < 4.78 is 18.5. The average Bonchev–Trinajstić information content (AvgIpc) is 2.79. The van der Waals surface area contributed by atoms with Crippen LogP contribution in [0.1, 0.15) is 29.8 Å². The van der Waals surface area contributed by atoms with Crippen LogP contribution in [0.4, 0.5) is 4.39 Å². The zero-order chi connectivity index (χ0) is 16.3. The predicted molar refractivity (Wildman–Crippen MR) is 79.4 cm³/mol. The highest BCUT2D eigenvalue weighted by Crippen LogP contribution is 2.21. The highest BCUT2D eigenvalue weighted by atomic mass is 19.1. The minimum atomic E-state index is -0.487. The van der Waals surface area contributed by atoms with Crippen molar-refractivity contribution in [2.24, 2.45) is 0 Å². The Balaban J connectivity index is 2.05. The Morgan fingerprint density at radius 2 is 2.14 bits per heavy atom. The van der Waals surface area contributed by atoms with E-state index in [-0.39, 0.29) is 29.7 Å². The van der Waals surface area contributed by atoms with Crippen LogP contribution in [0.2, 0.25) is 0 Å². The summed E-state index contributed by atoms with van der Waals surface area (Å²) in [4.78, 5) is 23.5. The topological polar surface area (TPSA) is 87.0 Å². The van der Waals surface area contributed by atoms with Crippen LogP contribution in [0.25, 0.3) is 0 Å². The van der Waals surface area contributed by atoms with Crippen molar-refractivity contribution in [3.8, 4) is 5.75 Å². The number of rotatable bonds is 5. The fourth-order valence-electron chi connectivity index (χ4n) is 2.17. The SMILES string of the molecule is COc1ccc([C@@H](C)NC(=O)Cc2c(C)[nH][nH]c2=O)cc1F. The molecule has 6 nitrogen and oxygen atoms in total. The number of ether oxygens (including phenoxy) is 1. The fraction of sp³-hybridized carbons (Fsp3) is 0.333. The second-order valence-corrected chi connectivity index (χ2v) is 5.04. The van der Waals surface area contributed by atoms with Gasteiger partial charge in [0.1, 0.15) is 0 Å². The van der Waals surface area contributed by atoms with Crippen molar-refractivity contribution in [1.82, 2.24) is 15.5 Å². The van der Waals surface area contributed by atoms with Gasteiger partial charge in [-0.25, -0.2) is 4.39 Å². The molecule has 0 fully saturated rings. The van der Waals surface area contributed by atoms with Gasteiger partial charge in [0.25, 0.3) is 5.56 Å². The minimum Gasteiger partial charge on any atom is -0.494 e. The van der Waals surface area contributed by atoms with Crippen molar-refractivity contribution < 1.29 is 13.9 Å². The van der Waals surface area contributed by atoms with Gasteiger partial charge in [0.05, 0.1) is 19.6 Å². The molecule has 1 amide bonds. The van der Waals surface area contributed by atoms with Gasteiger partial charge in [-0.05, 0) is 31.5 Å². The van der Waals surface area contributed by atoms with Crippen molar-refractivity contribution in [2.75, 3.05) is 7.11 Å². The van der Waals surface area contributed by atoms with Crippen molar-refractivity contribution in [3.05, 3.63) is 51.2 Å². The Morgan fingerprint density at radius 3 is 2.68 bits per heavy atom. The number of H-pyrrole nitrogens is 2. The number of benzene rings is 1. The number of amides is 1. The number of carbonyl (C=O) groups is 1. The van der Waals surface area contributed by atoms with Gasteiger partial charge in [0.2, 0.25) is 5.91 Å². The molecule has 1 atom stereocenters. The lowest BCUT2D eigenvalue weighted by atomic mass is 10.1. The molecule has 0 radical (unpaired) electrons. The number of aryl methyl sites for hydroxylation is 1. The largest absolute Gasteiger partial charge is 0.494 e. The molecule has 0 aliphatic rings. The molecule has 0 saturated heterocycles. The third-order valence-corrected chi connectivity index (χ3v) is 3.48. The van der Waals surface area contributed by atoms with Crippen LogP contribution >= 0.6 is 0 Å². The second-order valence-electron chi connectivity index (χ2n) is 5.04. The van der Waals surface area contributed by atoms with E-state index in [4.69, 9.17) is 4.74 Å². The lowest BCUT2D eigenvalue weighted by Crippen LogP contribution is -2.29. The average molecular weight is 307 g/mol. The monoisotopic (exact) mass is 307 g/mol. The summed E-state index contributed by atoms with van der Waals surface area (Å²) in [5.41, 5.74) is 1.33. The van der Waals surface area contributed by atoms with Crippen molar-refractivity contribution in [3.63, 3.8) is 0 Å². The Hall–Kier alpha value is -2.57. The van der Waals surface area contributed by atoms with Crippen molar-refractivity contribution >= 4 is 5.91 Å². The third-order valence-electron chi connectivity index (χ3n) is 3.48. The molecule has 3 N–H and O–H groups in total. The fourth-order valence-corrected chi connectivity index (χ4v) is 2.17. The lowest BCUT2D eigenvalue weighted by molar-refractivity contribution is -0.121. The van der Waals surface area contributed by atoms with E-state index in [1.165, 1.54) is 19.2 Å². The van der Waals surface area contributed by atoms with Crippen LogP contribution in [0.15, 0.2) is 23.0 Å². The van der Waals surface area contributed by atoms with Crippen LogP contribution in [0.5, 0.6) is 5.75 Å². The number of hydrogen-bond acceptors (Lipinski definition) is 3. The van der Waals surface area contributed by atoms with Gasteiger partial charge in [0, 0.05) is 11.3 Å². The van der Waals surface area contributed by atoms with Crippen LogP contribution in [-0.4, -0.2) is 23.2 Å². The molecule has 7 heteroatoms. The zero-order valence-corrected chi connectivity index (χ0v) is 12.6. The molecule has 2 aromatic rings. The van der Waals surface area contributed by atoms with E-state index in [2.05, 4.69) is 15.5 Å². The highest BCUT2D eigenvalue weighted by molar-refractivity contribution is 5.79. The predicted octanol–water partition coefficient (Wildman–Crippen LogP) is 1.58. The molecule has 1 aromatic heterocycles. The zero-order valence-electron chi connectivity index (χ0n) is 12.6. The van der Waals surface area contributed by atoms with E-state index >= 15 is 0 Å². The Labute approximate surface area is 126 Å². The maximum absolute atomic E-state index is 13.7. The first-order valence-electron chi connectivity index (χ1n) is 6.81. The van der Waals surface area contributed by atoms with Gasteiger partial charge in [-0.3, -0.25) is 14.7 Å². The summed E-state index contributed by atoms with van der Waals surface area (Å²) in [6.07, 6.45) is -0.0341. The molecule has 0 spiro atoms. The van der Waals surface area contributed by atoms with Crippen molar-refractivity contribution in [2.45, 2.75) is 26.3 Å². The first-order chi connectivity index (χ1) is 10.4. The molecular formula is C15H18FN3O3. The summed E-state index contributed by atoms with van der Waals surface area (Å²) in [5.74, 6) is -0.646. The van der Waals surface area contributed by atoms with Gasteiger partial charge >= 0.3 is 0 Å².